The Morgan fingerprint density at radius 1 is 0.850 bits per heavy atom. The van der Waals surface area contributed by atoms with Crippen molar-refractivity contribution in [3.05, 3.63) is 108 Å². The van der Waals surface area contributed by atoms with E-state index in [9.17, 15) is 14.4 Å². The number of hydrogen-bond donors (Lipinski definition) is 3. The number of carbonyl (C=O) groups excluding carboxylic acids is 3. The van der Waals surface area contributed by atoms with Crippen molar-refractivity contribution in [3.63, 3.8) is 0 Å². The first-order chi connectivity index (χ1) is 29.0. The van der Waals surface area contributed by atoms with Crippen LogP contribution in [0.4, 0.5) is 4.79 Å². The number of imidazole rings is 2. The fourth-order valence-corrected chi connectivity index (χ4v) is 9.17. The minimum Gasteiger partial charge on any atom is -0.453 e. The molecule has 3 aliphatic rings. The van der Waals surface area contributed by atoms with Crippen LogP contribution < -0.4 is 5.32 Å². The summed E-state index contributed by atoms with van der Waals surface area (Å²) in [7, 11) is 5.39. The molecule has 13 nitrogen and oxygen atoms in total. The van der Waals surface area contributed by atoms with E-state index in [1.165, 1.54) is 12.7 Å². The predicted molar refractivity (Wildman–Crippen MR) is 229 cm³/mol. The van der Waals surface area contributed by atoms with Crippen LogP contribution in [-0.2, 0) is 32.0 Å². The van der Waals surface area contributed by atoms with Crippen molar-refractivity contribution in [2.75, 3.05) is 40.9 Å². The molecule has 1 spiro atoms. The van der Waals surface area contributed by atoms with Gasteiger partial charge in [-0.2, -0.15) is 0 Å². The summed E-state index contributed by atoms with van der Waals surface area (Å²) >= 11 is 0. The molecule has 5 heterocycles. The zero-order valence-corrected chi connectivity index (χ0v) is 35.2. The van der Waals surface area contributed by atoms with Gasteiger partial charge in [0.15, 0.2) is 0 Å². The first-order valence-corrected chi connectivity index (χ1v) is 21.1. The number of rotatable bonds is 12. The number of benzene rings is 3. The monoisotopic (exact) mass is 812 g/mol. The van der Waals surface area contributed by atoms with Gasteiger partial charge in [0.25, 0.3) is 0 Å². The first kappa shape index (κ1) is 41.0. The lowest BCUT2D eigenvalue weighted by Gasteiger charge is -2.30. The Balaban J connectivity index is 0.938. The highest BCUT2D eigenvalue weighted by Crippen LogP contribution is 2.45. The summed E-state index contributed by atoms with van der Waals surface area (Å²) in [5.74, 6) is 1.39. The molecule has 3 aromatic carbocycles. The average Bonchev–Trinajstić information content (AvgIpc) is 4.11. The molecule has 314 valence electrons. The molecule has 4 atom stereocenters. The minimum atomic E-state index is -0.682. The van der Waals surface area contributed by atoms with Crippen LogP contribution in [0.1, 0.15) is 80.8 Å². The molecule has 0 aliphatic carbocycles. The van der Waals surface area contributed by atoms with E-state index in [2.05, 4.69) is 80.8 Å². The van der Waals surface area contributed by atoms with Crippen molar-refractivity contribution in [1.82, 2.24) is 40.0 Å². The van der Waals surface area contributed by atoms with Gasteiger partial charge in [0.05, 0.1) is 61.5 Å². The molecule has 3 N–H and O–H groups in total. The Hall–Kier alpha value is -5.79. The van der Waals surface area contributed by atoms with Crippen LogP contribution >= 0.6 is 0 Å². The van der Waals surface area contributed by atoms with Gasteiger partial charge in [-0.05, 0) is 79.1 Å². The molecule has 3 saturated heterocycles. The Labute approximate surface area is 351 Å². The second kappa shape index (κ2) is 17.4. The van der Waals surface area contributed by atoms with Crippen LogP contribution in [0.5, 0.6) is 0 Å². The summed E-state index contributed by atoms with van der Waals surface area (Å²) < 4.78 is 11.1. The van der Waals surface area contributed by atoms with Crippen LogP contribution in [0.25, 0.3) is 33.6 Å². The van der Waals surface area contributed by atoms with E-state index in [0.29, 0.717) is 19.5 Å². The lowest BCUT2D eigenvalue weighted by molar-refractivity contribution is -0.135. The highest BCUT2D eigenvalue weighted by Gasteiger charge is 2.50. The first-order valence-electron chi connectivity index (χ1n) is 21.1. The van der Waals surface area contributed by atoms with E-state index in [1.807, 2.05) is 62.3 Å². The van der Waals surface area contributed by atoms with Gasteiger partial charge >= 0.3 is 6.09 Å². The lowest BCUT2D eigenvalue weighted by Crippen LogP contribution is -2.51. The highest BCUT2D eigenvalue weighted by atomic mass is 16.5. The van der Waals surface area contributed by atoms with Gasteiger partial charge in [-0.3, -0.25) is 9.59 Å². The number of amides is 3. The van der Waals surface area contributed by atoms with Crippen molar-refractivity contribution < 1.29 is 23.9 Å². The number of aromatic nitrogens is 4. The Morgan fingerprint density at radius 3 is 2.02 bits per heavy atom. The van der Waals surface area contributed by atoms with Crippen LogP contribution in [0, 0.1) is 5.92 Å². The highest BCUT2D eigenvalue weighted by molar-refractivity contribution is 5.86. The summed E-state index contributed by atoms with van der Waals surface area (Å²) in [6.45, 7) is 6.50. The molecule has 0 bridgehead atoms. The predicted octanol–water partition coefficient (Wildman–Crippen LogP) is 7.30. The maximum absolute atomic E-state index is 14.1. The fourth-order valence-electron chi connectivity index (χ4n) is 9.17. The second-order valence-corrected chi connectivity index (χ2v) is 17.1. The lowest BCUT2D eigenvalue weighted by atomic mass is 9.96. The van der Waals surface area contributed by atoms with Gasteiger partial charge < -0.3 is 39.5 Å². The fraction of sp³-hybridized carbons (Fsp3) is 0.426. The molecule has 5 aromatic rings. The molecule has 3 fully saturated rings. The maximum atomic E-state index is 14.1. The third-order valence-electron chi connectivity index (χ3n) is 12.3. The Kier molecular flexibility index (Phi) is 11.9. The summed E-state index contributed by atoms with van der Waals surface area (Å²) in [5, 5.41) is 2.71. The number of aromatic amines is 2. The average molecular weight is 813 g/mol. The van der Waals surface area contributed by atoms with Crippen molar-refractivity contribution in [1.29, 1.82) is 0 Å². The standard InChI is InChI=1S/C47H56N8O5/c1-30(2)42(52-46(58)59-5)45(57)54-22-8-12-39(54)43-48-26-37(50-43)33-17-13-31(14-18-33)32-15-19-34(20-16-32)38-27-49-44(51-38)40-25-47(21-9-23-60-47)29-55(40)41(56)24-35-10-6-7-11-36(35)28-53(3)4/h6-7,10-11,13-20,26-27,30,39-40,42H,8-9,12,21-25,28-29H2,1-5H3,(H,48,50)(H,49,51)(H,52,58)/t39-,40-,42-,47-/m0/s1. The number of nitrogens with zero attached hydrogens (tertiary/aromatic N) is 5. The number of hydrogen-bond acceptors (Lipinski definition) is 8. The molecule has 0 saturated carbocycles. The van der Waals surface area contributed by atoms with Crippen LogP contribution in [0.2, 0.25) is 0 Å². The second-order valence-electron chi connectivity index (χ2n) is 17.1. The third-order valence-corrected chi connectivity index (χ3v) is 12.3. The number of methoxy groups -OCH3 is 1. The summed E-state index contributed by atoms with van der Waals surface area (Å²) in [6.07, 6.45) is 7.74. The molecule has 0 radical (unpaired) electrons. The quantitative estimate of drug-likeness (QED) is 0.119. The molecule has 3 amide bonds. The van der Waals surface area contributed by atoms with Crippen molar-refractivity contribution in [2.24, 2.45) is 5.92 Å². The SMILES string of the molecule is COC(=O)N[C@H](C(=O)N1CCC[C@H]1c1ncc(-c2ccc(-c3ccc(-c4cnc([C@@H]5C[C@@]6(CCCO6)CN5C(=O)Cc5ccccc5CN(C)C)[nH]4)cc3)cc2)[nH]1)C(C)C. The van der Waals surface area contributed by atoms with Gasteiger partial charge in [0.2, 0.25) is 11.8 Å². The van der Waals surface area contributed by atoms with E-state index >= 15 is 0 Å². The van der Waals surface area contributed by atoms with Gasteiger partial charge in [0, 0.05) is 26.1 Å². The number of carbonyl (C=O) groups is 3. The zero-order valence-electron chi connectivity index (χ0n) is 35.2. The van der Waals surface area contributed by atoms with Crippen molar-refractivity contribution in [2.45, 2.75) is 82.6 Å². The third kappa shape index (κ3) is 8.60. The maximum Gasteiger partial charge on any atom is 0.407 e. The normalized spacial score (nSPS) is 20.7. The largest absolute Gasteiger partial charge is 0.453 e. The molecule has 8 rings (SSSR count). The van der Waals surface area contributed by atoms with Gasteiger partial charge in [-0.15, -0.1) is 0 Å². The molecule has 0 unspecified atom stereocenters. The smallest absolute Gasteiger partial charge is 0.407 e. The van der Waals surface area contributed by atoms with E-state index in [0.717, 1.165) is 96.1 Å². The zero-order chi connectivity index (χ0) is 42.0. The summed E-state index contributed by atoms with van der Waals surface area (Å²) in [5.41, 5.74) is 7.84. The van der Waals surface area contributed by atoms with Crippen molar-refractivity contribution >= 4 is 17.9 Å². The molecular weight excluding hydrogens is 757 g/mol. The van der Waals surface area contributed by atoms with E-state index in [4.69, 9.17) is 19.4 Å². The van der Waals surface area contributed by atoms with Gasteiger partial charge in [-0.1, -0.05) is 86.6 Å². The van der Waals surface area contributed by atoms with Crippen LogP contribution in [0.3, 0.4) is 0 Å². The number of ether oxygens (including phenoxy) is 2. The van der Waals surface area contributed by atoms with Crippen LogP contribution in [-0.4, -0.2) is 105 Å². The van der Waals surface area contributed by atoms with E-state index in [-0.39, 0.29) is 35.4 Å². The summed E-state index contributed by atoms with van der Waals surface area (Å²) in [4.78, 5) is 62.2. The van der Waals surface area contributed by atoms with E-state index < -0.39 is 12.1 Å². The molecular formula is C47H56N8O5. The van der Waals surface area contributed by atoms with Crippen molar-refractivity contribution in [3.8, 4) is 33.6 Å². The Morgan fingerprint density at radius 2 is 1.45 bits per heavy atom. The number of alkyl carbamates (subject to hydrolysis) is 1. The number of H-pyrrole nitrogens is 2. The number of nitrogens with one attached hydrogen (secondary N) is 3. The minimum absolute atomic E-state index is 0.0958. The topological polar surface area (TPSA) is 149 Å². The Bertz CT molecular complexity index is 2290. The number of likely N-dealkylation sites (tertiary alicyclic amines) is 2. The van der Waals surface area contributed by atoms with Gasteiger partial charge in [-0.25, -0.2) is 14.8 Å². The van der Waals surface area contributed by atoms with E-state index in [1.54, 1.807) is 0 Å². The van der Waals surface area contributed by atoms with Crippen LogP contribution in [0.15, 0.2) is 85.2 Å². The molecule has 3 aliphatic heterocycles. The summed E-state index contributed by atoms with van der Waals surface area (Å²) in [6, 6.07) is 23.9. The van der Waals surface area contributed by atoms with Gasteiger partial charge in [0.1, 0.15) is 17.7 Å². The molecule has 2 aromatic heterocycles. The molecule has 60 heavy (non-hydrogen) atoms. The molecule has 13 heteroatoms.